The van der Waals surface area contributed by atoms with Gasteiger partial charge in [-0.2, -0.15) is 0 Å². The third kappa shape index (κ3) is 5.61. The molecule has 0 aliphatic carbocycles. The Hall–Kier alpha value is -1.22. The van der Waals surface area contributed by atoms with Gasteiger partial charge in [-0.15, -0.1) is 0 Å². The lowest BCUT2D eigenvalue weighted by Crippen LogP contribution is -2.03. The predicted molar refractivity (Wildman–Crippen MR) is 66.7 cm³/mol. The van der Waals surface area contributed by atoms with Gasteiger partial charge in [0.15, 0.2) is 0 Å². The molecule has 90 valence electrons. The van der Waals surface area contributed by atoms with E-state index in [4.69, 9.17) is 15.2 Å². The average Bonchev–Trinajstić information content (AvgIpc) is 2.35. The van der Waals surface area contributed by atoms with Gasteiger partial charge in [0.05, 0.1) is 6.61 Å². The van der Waals surface area contributed by atoms with E-state index in [0.29, 0.717) is 6.61 Å². The summed E-state index contributed by atoms with van der Waals surface area (Å²) in [7, 11) is 0. The molecule has 0 bridgehead atoms. The van der Waals surface area contributed by atoms with Crippen LogP contribution in [0.15, 0.2) is 24.3 Å². The van der Waals surface area contributed by atoms with E-state index in [9.17, 15) is 0 Å². The van der Waals surface area contributed by atoms with Gasteiger partial charge >= 0.3 is 0 Å². The first kappa shape index (κ1) is 12.8. The first-order valence-corrected chi connectivity index (χ1v) is 5.89. The van der Waals surface area contributed by atoms with E-state index >= 15 is 0 Å². The Morgan fingerprint density at radius 1 is 1.12 bits per heavy atom. The van der Waals surface area contributed by atoms with Crippen molar-refractivity contribution in [3.05, 3.63) is 24.3 Å². The molecule has 0 aromatic heterocycles. The van der Waals surface area contributed by atoms with Crippen molar-refractivity contribution in [3.8, 4) is 5.75 Å². The van der Waals surface area contributed by atoms with E-state index in [1.165, 1.54) is 19.3 Å². The van der Waals surface area contributed by atoms with Crippen LogP contribution in [0.25, 0.3) is 0 Å². The Kier molecular flexibility index (Phi) is 6.42. The molecule has 1 aromatic rings. The lowest BCUT2D eigenvalue weighted by Gasteiger charge is -2.08. The highest BCUT2D eigenvalue weighted by atomic mass is 16.5. The number of ether oxygens (including phenoxy) is 2. The minimum Gasteiger partial charge on any atom is -0.494 e. The molecule has 0 unspecified atom stereocenters. The third-order valence-corrected chi connectivity index (χ3v) is 2.27. The molecular weight excluding hydrogens is 202 g/mol. The smallest absolute Gasteiger partial charge is 0.119 e. The summed E-state index contributed by atoms with van der Waals surface area (Å²) < 4.78 is 10.3. The fraction of sp³-hybridized carbons (Fsp3) is 0.538. The zero-order chi connectivity index (χ0) is 11.6. The Morgan fingerprint density at radius 3 is 2.12 bits per heavy atom. The minimum absolute atomic E-state index is 0.698. The summed E-state index contributed by atoms with van der Waals surface area (Å²) >= 11 is 0. The Balaban J connectivity index is 0.000000181. The molecule has 0 radical (unpaired) electrons. The van der Waals surface area contributed by atoms with Gasteiger partial charge in [0, 0.05) is 18.9 Å². The van der Waals surface area contributed by atoms with Crippen LogP contribution in [-0.4, -0.2) is 19.8 Å². The standard InChI is InChI=1S/C8H11NO.C5H10O/c1-2-10-8-5-3-7(9)4-6-8;1-2-4-6-5-3-1/h3-6H,2,9H2,1H3;1-5H2. The number of nitrogens with two attached hydrogens (primary N) is 1. The maximum atomic E-state index is 5.47. The van der Waals surface area contributed by atoms with Gasteiger partial charge in [0.1, 0.15) is 5.75 Å². The number of hydrogen-bond donors (Lipinski definition) is 1. The Bertz CT molecular complexity index is 256. The number of anilines is 1. The molecule has 1 aromatic carbocycles. The molecular formula is C13H21NO2. The van der Waals surface area contributed by atoms with E-state index in [0.717, 1.165) is 24.7 Å². The van der Waals surface area contributed by atoms with Crippen LogP contribution >= 0.6 is 0 Å². The van der Waals surface area contributed by atoms with Gasteiger partial charge in [-0.05, 0) is 50.5 Å². The third-order valence-electron chi connectivity index (χ3n) is 2.27. The zero-order valence-corrected chi connectivity index (χ0v) is 9.95. The van der Waals surface area contributed by atoms with E-state index in [2.05, 4.69) is 0 Å². The second-order valence-electron chi connectivity index (χ2n) is 3.68. The van der Waals surface area contributed by atoms with Gasteiger partial charge in [-0.25, -0.2) is 0 Å². The molecule has 0 amide bonds. The van der Waals surface area contributed by atoms with Crippen molar-refractivity contribution in [1.29, 1.82) is 0 Å². The van der Waals surface area contributed by atoms with Crippen molar-refractivity contribution in [3.63, 3.8) is 0 Å². The highest BCUT2D eigenvalue weighted by Crippen LogP contribution is 2.12. The molecule has 0 atom stereocenters. The second-order valence-corrected chi connectivity index (χ2v) is 3.68. The summed E-state index contributed by atoms with van der Waals surface area (Å²) in [6, 6.07) is 7.37. The highest BCUT2D eigenvalue weighted by Gasteiger charge is 1.95. The van der Waals surface area contributed by atoms with Crippen molar-refractivity contribution in [2.75, 3.05) is 25.6 Å². The summed E-state index contributed by atoms with van der Waals surface area (Å²) in [5.41, 5.74) is 6.23. The summed E-state index contributed by atoms with van der Waals surface area (Å²) in [5, 5.41) is 0. The topological polar surface area (TPSA) is 44.5 Å². The quantitative estimate of drug-likeness (QED) is 0.784. The lowest BCUT2D eigenvalue weighted by molar-refractivity contribution is 0.0968. The Labute approximate surface area is 97.6 Å². The molecule has 0 spiro atoms. The minimum atomic E-state index is 0.698. The average molecular weight is 223 g/mol. The van der Waals surface area contributed by atoms with Crippen LogP contribution in [0.2, 0.25) is 0 Å². The Morgan fingerprint density at radius 2 is 1.75 bits per heavy atom. The number of benzene rings is 1. The van der Waals surface area contributed by atoms with Crippen LogP contribution in [0.3, 0.4) is 0 Å². The summed E-state index contributed by atoms with van der Waals surface area (Å²) in [6.45, 7) is 4.65. The largest absolute Gasteiger partial charge is 0.494 e. The van der Waals surface area contributed by atoms with Crippen LogP contribution in [0.4, 0.5) is 5.69 Å². The van der Waals surface area contributed by atoms with Crippen molar-refractivity contribution in [1.82, 2.24) is 0 Å². The SMILES string of the molecule is C1CCOCC1.CCOc1ccc(N)cc1. The van der Waals surface area contributed by atoms with E-state index in [1.807, 2.05) is 31.2 Å². The summed E-state index contributed by atoms with van der Waals surface area (Å²) in [4.78, 5) is 0. The molecule has 1 fully saturated rings. The fourth-order valence-corrected chi connectivity index (χ4v) is 1.42. The van der Waals surface area contributed by atoms with Gasteiger partial charge in [0.2, 0.25) is 0 Å². The first-order chi connectivity index (χ1) is 7.83. The van der Waals surface area contributed by atoms with Crippen LogP contribution in [0, 0.1) is 0 Å². The van der Waals surface area contributed by atoms with Crippen LogP contribution in [0.5, 0.6) is 5.75 Å². The molecule has 0 saturated carbocycles. The van der Waals surface area contributed by atoms with Gasteiger partial charge in [0.25, 0.3) is 0 Å². The number of rotatable bonds is 2. The summed E-state index contributed by atoms with van der Waals surface area (Å²) in [5.74, 6) is 0.872. The monoisotopic (exact) mass is 223 g/mol. The first-order valence-electron chi connectivity index (χ1n) is 5.89. The highest BCUT2D eigenvalue weighted by molar-refractivity contribution is 5.41. The normalized spacial score (nSPS) is 14.8. The molecule has 2 N–H and O–H groups in total. The predicted octanol–water partition coefficient (Wildman–Crippen LogP) is 2.85. The maximum absolute atomic E-state index is 5.47. The van der Waals surface area contributed by atoms with E-state index in [1.54, 1.807) is 0 Å². The summed E-state index contributed by atoms with van der Waals surface area (Å²) in [6.07, 6.45) is 3.93. The van der Waals surface area contributed by atoms with Crippen molar-refractivity contribution in [2.45, 2.75) is 26.2 Å². The lowest BCUT2D eigenvalue weighted by atomic mass is 10.2. The fourth-order valence-electron chi connectivity index (χ4n) is 1.42. The molecule has 2 rings (SSSR count). The molecule has 3 nitrogen and oxygen atoms in total. The molecule has 16 heavy (non-hydrogen) atoms. The number of nitrogen functional groups attached to an aromatic ring is 1. The van der Waals surface area contributed by atoms with Gasteiger partial charge < -0.3 is 15.2 Å². The van der Waals surface area contributed by atoms with Gasteiger partial charge in [-0.1, -0.05) is 0 Å². The molecule has 1 heterocycles. The molecule has 3 heteroatoms. The van der Waals surface area contributed by atoms with Crippen molar-refractivity contribution < 1.29 is 9.47 Å². The van der Waals surface area contributed by atoms with Crippen LogP contribution in [0.1, 0.15) is 26.2 Å². The second kappa shape index (κ2) is 7.99. The van der Waals surface area contributed by atoms with E-state index < -0.39 is 0 Å². The maximum Gasteiger partial charge on any atom is 0.119 e. The van der Waals surface area contributed by atoms with Crippen molar-refractivity contribution in [2.24, 2.45) is 0 Å². The van der Waals surface area contributed by atoms with Crippen molar-refractivity contribution >= 4 is 5.69 Å². The van der Waals surface area contributed by atoms with Gasteiger partial charge in [-0.3, -0.25) is 0 Å². The molecule has 1 saturated heterocycles. The molecule has 1 aliphatic rings. The molecule has 1 aliphatic heterocycles. The number of hydrogen-bond acceptors (Lipinski definition) is 3. The van der Waals surface area contributed by atoms with E-state index in [-0.39, 0.29) is 0 Å². The van der Waals surface area contributed by atoms with Crippen LogP contribution in [-0.2, 0) is 4.74 Å². The van der Waals surface area contributed by atoms with Crippen LogP contribution < -0.4 is 10.5 Å². The zero-order valence-electron chi connectivity index (χ0n) is 9.95.